The number of hydrogen-bond donors (Lipinski definition) is 0. The van der Waals surface area contributed by atoms with Crippen LogP contribution in [0.2, 0.25) is 0 Å². The Labute approximate surface area is 114 Å². The van der Waals surface area contributed by atoms with Crippen molar-refractivity contribution in [1.29, 1.82) is 0 Å². The number of amides is 1. The van der Waals surface area contributed by atoms with E-state index in [4.69, 9.17) is 0 Å². The molecule has 0 bridgehead atoms. The number of alkyl halides is 3. The molecule has 0 aliphatic carbocycles. The molecule has 110 valence electrons. The zero-order valence-corrected chi connectivity index (χ0v) is 11.2. The second-order valence-corrected chi connectivity index (χ2v) is 4.76. The normalized spacial score (nSPS) is 19.2. The van der Waals surface area contributed by atoms with Crippen LogP contribution in [0.5, 0.6) is 0 Å². The van der Waals surface area contributed by atoms with E-state index in [0.717, 1.165) is 12.3 Å². The van der Waals surface area contributed by atoms with Gasteiger partial charge in [0.05, 0.1) is 6.04 Å². The van der Waals surface area contributed by atoms with E-state index < -0.39 is 11.9 Å². The Morgan fingerprint density at radius 1 is 1.50 bits per heavy atom. The van der Waals surface area contributed by atoms with E-state index >= 15 is 0 Å². The first-order valence-electron chi connectivity index (χ1n) is 6.17. The summed E-state index contributed by atoms with van der Waals surface area (Å²) in [7, 11) is 1.68. The second-order valence-electron chi connectivity index (χ2n) is 4.76. The summed E-state index contributed by atoms with van der Waals surface area (Å²) in [6.45, 7) is 2.43. The zero-order chi connectivity index (χ0) is 14.9. The van der Waals surface area contributed by atoms with Crippen LogP contribution in [0, 0.1) is 0 Å². The first kappa shape index (κ1) is 14.5. The molecule has 1 amide bonds. The van der Waals surface area contributed by atoms with Crippen molar-refractivity contribution < 1.29 is 18.0 Å². The van der Waals surface area contributed by atoms with Gasteiger partial charge in [0.1, 0.15) is 5.69 Å². The summed E-state index contributed by atoms with van der Waals surface area (Å²) >= 11 is 0. The fourth-order valence-corrected chi connectivity index (χ4v) is 2.16. The maximum atomic E-state index is 12.6. The summed E-state index contributed by atoms with van der Waals surface area (Å²) in [5.41, 5.74) is -0.953. The van der Waals surface area contributed by atoms with Crippen LogP contribution < -0.4 is 4.90 Å². The molecule has 1 aromatic rings. The second kappa shape index (κ2) is 5.26. The molecule has 2 rings (SSSR count). The number of aromatic nitrogens is 2. The van der Waals surface area contributed by atoms with Crippen molar-refractivity contribution in [2.45, 2.75) is 25.6 Å². The number of halogens is 3. The maximum Gasteiger partial charge on any atom is 0.433 e. The van der Waals surface area contributed by atoms with Crippen molar-refractivity contribution in [3.05, 3.63) is 18.0 Å². The molecule has 1 aromatic heterocycles. The van der Waals surface area contributed by atoms with Crippen LogP contribution in [0.3, 0.4) is 0 Å². The average molecular weight is 288 g/mol. The van der Waals surface area contributed by atoms with Crippen LogP contribution in [0.25, 0.3) is 0 Å². The van der Waals surface area contributed by atoms with Crippen molar-refractivity contribution >= 4 is 11.9 Å². The molecule has 5 nitrogen and oxygen atoms in total. The summed E-state index contributed by atoms with van der Waals surface area (Å²) in [6, 6.07) is 0.823. The van der Waals surface area contributed by atoms with Gasteiger partial charge in [-0.15, -0.1) is 0 Å². The Bertz CT molecular complexity index is 506. The summed E-state index contributed by atoms with van der Waals surface area (Å²) in [5, 5.41) is 0. The van der Waals surface area contributed by atoms with Crippen LogP contribution in [0.15, 0.2) is 12.3 Å². The number of rotatable bonds is 2. The van der Waals surface area contributed by atoms with Gasteiger partial charge in [0, 0.05) is 33.3 Å². The van der Waals surface area contributed by atoms with Gasteiger partial charge in [-0.3, -0.25) is 4.79 Å². The van der Waals surface area contributed by atoms with E-state index in [9.17, 15) is 18.0 Å². The van der Waals surface area contributed by atoms with E-state index in [1.807, 2.05) is 0 Å². The minimum atomic E-state index is -4.48. The van der Waals surface area contributed by atoms with Crippen molar-refractivity contribution in [2.24, 2.45) is 0 Å². The summed E-state index contributed by atoms with van der Waals surface area (Å²) in [5.74, 6) is -0.0129. The molecule has 0 aromatic carbocycles. The predicted octanol–water partition coefficient (Wildman–Crippen LogP) is 1.55. The Morgan fingerprint density at radius 2 is 2.20 bits per heavy atom. The number of carbonyl (C=O) groups excluding carboxylic acids is 1. The molecule has 8 heteroatoms. The number of anilines is 1. The highest BCUT2D eigenvalue weighted by Gasteiger charge is 2.34. The summed E-state index contributed by atoms with van der Waals surface area (Å²) in [4.78, 5) is 22.0. The van der Waals surface area contributed by atoms with Gasteiger partial charge < -0.3 is 9.80 Å². The highest BCUT2D eigenvalue weighted by molar-refractivity contribution is 5.73. The lowest BCUT2D eigenvalue weighted by molar-refractivity contribution is -0.141. The van der Waals surface area contributed by atoms with Crippen LogP contribution >= 0.6 is 0 Å². The van der Waals surface area contributed by atoms with E-state index in [1.54, 1.807) is 16.8 Å². The molecule has 1 aliphatic heterocycles. The fourth-order valence-electron chi connectivity index (χ4n) is 2.16. The van der Waals surface area contributed by atoms with Gasteiger partial charge in [-0.2, -0.15) is 13.2 Å². The van der Waals surface area contributed by atoms with Gasteiger partial charge in [0.2, 0.25) is 11.9 Å². The lowest BCUT2D eigenvalue weighted by Crippen LogP contribution is -2.37. The minimum Gasteiger partial charge on any atom is -0.341 e. The van der Waals surface area contributed by atoms with E-state index in [2.05, 4.69) is 9.97 Å². The number of nitrogens with zero attached hydrogens (tertiary/aromatic N) is 4. The first-order valence-corrected chi connectivity index (χ1v) is 6.17. The van der Waals surface area contributed by atoms with E-state index in [1.165, 1.54) is 6.92 Å². The van der Waals surface area contributed by atoms with Crippen molar-refractivity contribution in [3.8, 4) is 0 Å². The first-order chi connectivity index (χ1) is 9.29. The fraction of sp³-hybridized carbons (Fsp3) is 0.583. The van der Waals surface area contributed by atoms with Crippen LogP contribution in [-0.4, -0.2) is 47.0 Å². The molecule has 0 saturated carbocycles. The molecule has 0 radical (unpaired) electrons. The smallest absolute Gasteiger partial charge is 0.341 e. The predicted molar refractivity (Wildman–Crippen MR) is 66.1 cm³/mol. The van der Waals surface area contributed by atoms with Gasteiger partial charge in [0.15, 0.2) is 0 Å². The molecule has 1 fully saturated rings. The molecule has 2 heterocycles. The number of hydrogen-bond acceptors (Lipinski definition) is 4. The van der Waals surface area contributed by atoms with Crippen LogP contribution in [0.4, 0.5) is 19.1 Å². The molecule has 1 saturated heterocycles. The van der Waals surface area contributed by atoms with Crippen molar-refractivity contribution in [1.82, 2.24) is 14.9 Å². The molecule has 1 unspecified atom stereocenters. The third kappa shape index (κ3) is 3.00. The standard InChI is InChI=1S/C12H15F3N4O/c1-8(20)18(2)9-4-6-19(7-9)11-16-5-3-10(17-11)12(13,14)15/h3,5,9H,4,6-7H2,1-2H3. The van der Waals surface area contributed by atoms with E-state index in [0.29, 0.717) is 19.5 Å². The molecular weight excluding hydrogens is 273 g/mol. The lowest BCUT2D eigenvalue weighted by Gasteiger charge is -2.23. The number of carbonyl (C=O) groups is 1. The highest BCUT2D eigenvalue weighted by atomic mass is 19.4. The molecule has 1 aliphatic rings. The van der Waals surface area contributed by atoms with Gasteiger partial charge in [0.25, 0.3) is 0 Å². The number of likely N-dealkylation sites (N-methyl/N-ethyl adjacent to an activating group) is 1. The Hall–Kier alpha value is -1.86. The molecule has 1 atom stereocenters. The van der Waals surface area contributed by atoms with Gasteiger partial charge in [-0.25, -0.2) is 9.97 Å². The van der Waals surface area contributed by atoms with Crippen molar-refractivity contribution in [3.63, 3.8) is 0 Å². The van der Waals surface area contributed by atoms with Crippen LogP contribution in [0.1, 0.15) is 19.0 Å². The SMILES string of the molecule is CC(=O)N(C)C1CCN(c2nccc(C(F)(F)F)n2)C1. The summed E-state index contributed by atoms with van der Waals surface area (Å²) < 4.78 is 37.8. The lowest BCUT2D eigenvalue weighted by atomic mass is 10.2. The largest absolute Gasteiger partial charge is 0.433 e. The average Bonchev–Trinajstić information content (AvgIpc) is 2.86. The zero-order valence-electron chi connectivity index (χ0n) is 11.2. The Kier molecular flexibility index (Phi) is 3.82. The van der Waals surface area contributed by atoms with Crippen LogP contribution in [-0.2, 0) is 11.0 Å². The third-order valence-corrected chi connectivity index (χ3v) is 3.42. The van der Waals surface area contributed by atoms with Gasteiger partial charge in [-0.1, -0.05) is 0 Å². The van der Waals surface area contributed by atoms with Crippen molar-refractivity contribution in [2.75, 3.05) is 25.0 Å². The summed E-state index contributed by atoms with van der Waals surface area (Å²) in [6.07, 6.45) is -2.68. The molecule has 0 N–H and O–H groups in total. The molecule has 20 heavy (non-hydrogen) atoms. The van der Waals surface area contributed by atoms with E-state index in [-0.39, 0.29) is 17.9 Å². The molecular formula is C12H15F3N4O. The quantitative estimate of drug-likeness (QED) is 0.828. The third-order valence-electron chi connectivity index (χ3n) is 3.42. The minimum absolute atomic E-state index is 0.0226. The highest BCUT2D eigenvalue weighted by Crippen LogP contribution is 2.29. The maximum absolute atomic E-state index is 12.6. The monoisotopic (exact) mass is 288 g/mol. The Morgan fingerprint density at radius 3 is 2.80 bits per heavy atom. The van der Waals surface area contributed by atoms with Gasteiger partial charge >= 0.3 is 6.18 Å². The van der Waals surface area contributed by atoms with Gasteiger partial charge in [-0.05, 0) is 12.5 Å². The topological polar surface area (TPSA) is 49.3 Å². The Balaban J connectivity index is 2.13. The molecule has 0 spiro atoms.